The molecule has 6 rings (SSSR count). The second kappa shape index (κ2) is 0.852. The maximum Gasteiger partial charge on any atom is -0.0312 e. The molecule has 0 N–H and O–H groups in total. The Bertz CT molecular complexity index is 216. The lowest BCUT2D eigenvalue weighted by atomic mass is 9.66. The highest BCUT2D eigenvalue weighted by atomic mass is 14.9. The van der Waals surface area contributed by atoms with Crippen molar-refractivity contribution in [3.8, 4) is 0 Å². The zero-order valence-electron chi connectivity index (χ0n) is 6.03. The molecule has 6 aliphatic carbocycles. The Labute approximate surface area is 61.0 Å². The van der Waals surface area contributed by atoms with Crippen LogP contribution < -0.4 is 0 Å². The van der Waals surface area contributed by atoms with Crippen LogP contribution in [0.3, 0.4) is 0 Å². The summed E-state index contributed by atoms with van der Waals surface area (Å²) in [7, 11) is 0. The van der Waals surface area contributed by atoms with E-state index < -0.39 is 0 Å². The fourth-order valence-electron chi connectivity index (χ4n) is 5.99. The molecule has 0 amide bonds. The van der Waals surface area contributed by atoms with Gasteiger partial charge in [0.25, 0.3) is 0 Å². The van der Waals surface area contributed by atoms with E-state index in [1.54, 1.807) is 12.8 Å². The van der Waals surface area contributed by atoms with Crippen LogP contribution in [0.25, 0.3) is 0 Å². The molecule has 10 heavy (non-hydrogen) atoms. The van der Waals surface area contributed by atoms with Crippen molar-refractivity contribution in [3.63, 3.8) is 0 Å². The van der Waals surface area contributed by atoms with Gasteiger partial charge in [0, 0.05) is 0 Å². The highest BCUT2D eigenvalue weighted by molar-refractivity contribution is 5.34. The maximum absolute atomic E-state index is 1.64. The Morgan fingerprint density at radius 3 is 1.40 bits per heavy atom. The summed E-state index contributed by atoms with van der Waals surface area (Å²) in [6.45, 7) is 0. The molecule has 6 atom stereocenters. The van der Waals surface area contributed by atoms with E-state index in [1.807, 2.05) is 0 Å². The number of hydrogen-bond donors (Lipinski definition) is 0. The van der Waals surface area contributed by atoms with Crippen LogP contribution >= 0.6 is 0 Å². The topological polar surface area (TPSA) is 0 Å². The first kappa shape index (κ1) is 4.13. The van der Waals surface area contributed by atoms with Crippen LogP contribution in [0.2, 0.25) is 0 Å². The Hall–Kier alpha value is 0. The SMILES string of the molecule is C1C[C@@H]2C3C4[C@@H]5[C@@H]4[C@H]2[C@H]5[C@H]13. The molecule has 0 unspecified atom stereocenters. The third-order valence-electron chi connectivity index (χ3n) is 5.78. The molecule has 0 radical (unpaired) electrons. The molecule has 6 aliphatic rings. The molecule has 6 saturated carbocycles. The molecule has 52 valence electrons. The number of rotatable bonds is 0. The Balaban J connectivity index is 1.90. The smallest absolute Gasteiger partial charge is 0.0312 e. The van der Waals surface area contributed by atoms with E-state index in [1.165, 1.54) is 47.3 Å². The maximum atomic E-state index is 1.64. The Morgan fingerprint density at radius 2 is 1.00 bits per heavy atom. The molecule has 0 aliphatic heterocycles. The third-order valence-corrected chi connectivity index (χ3v) is 5.78. The van der Waals surface area contributed by atoms with Gasteiger partial charge in [-0.15, -0.1) is 0 Å². The van der Waals surface area contributed by atoms with E-state index in [2.05, 4.69) is 0 Å². The zero-order chi connectivity index (χ0) is 6.03. The van der Waals surface area contributed by atoms with Gasteiger partial charge in [-0.1, -0.05) is 0 Å². The molecule has 5 bridgehead atoms. The van der Waals surface area contributed by atoms with Crippen LogP contribution in [0, 0.1) is 47.3 Å². The van der Waals surface area contributed by atoms with Crippen molar-refractivity contribution >= 4 is 0 Å². The highest BCUT2D eigenvalue weighted by Crippen LogP contribution is 2.91. The molecule has 0 saturated heterocycles. The summed E-state index contributed by atoms with van der Waals surface area (Å²) in [6, 6.07) is 0. The minimum absolute atomic E-state index is 1.27. The predicted octanol–water partition coefficient (Wildman–Crippen LogP) is 1.76. The van der Waals surface area contributed by atoms with Crippen LogP contribution in [0.15, 0.2) is 0 Å². The average molecular weight is 132 g/mol. The van der Waals surface area contributed by atoms with E-state index in [0.29, 0.717) is 0 Å². The summed E-state index contributed by atoms with van der Waals surface area (Å²) < 4.78 is 0. The van der Waals surface area contributed by atoms with Gasteiger partial charge in [-0.2, -0.15) is 0 Å². The first-order valence-corrected chi connectivity index (χ1v) is 4.98. The van der Waals surface area contributed by atoms with Crippen molar-refractivity contribution in [2.45, 2.75) is 12.8 Å². The molecule has 0 nitrogen and oxygen atoms in total. The van der Waals surface area contributed by atoms with Crippen molar-refractivity contribution < 1.29 is 0 Å². The van der Waals surface area contributed by atoms with Gasteiger partial charge >= 0.3 is 0 Å². The van der Waals surface area contributed by atoms with E-state index in [4.69, 9.17) is 0 Å². The molecular weight excluding hydrogens is 120 g/mol. The molecule has 0 heteroatoms. The van der Waals surface area contributed by atoms with Gasteiger partial charge in [-0.05, 0) is 60.2 Å². The van der Waals surface area contributed by atoms with E-state index in [-0.39, 0.29) is 0 Å². The van der Waals surface area contributed by atoms with Crippen molar-refractivity contribution in [1.29, 1.82) is 0 Å². The standard InChI is InChI=1S/C10H12/c1-2-4-5-3(1)6-7(4)10-8(5)9(6)10/h3-10H,1-2H2/t3-,4-,5?,6-,7-,8?,9-,10-/m1/s1. The number of hydrogen-bond acceptors (Lipinski definition) is 0. The summed E-state index contributed by atoms with van der Waals surface area (Å²) in [5.41, 5.74) is 0. The van der Waals surface area contributed by atoms with Gasteiger partial charge in [-0.25, -0.2) is 0 Å². The van der Waals surface area contributed by atoms with Crippen LogP contribution in [-0.4, -0.2) is 0 Å². The van der Waals surface area contributed by atoms with Gasteiger partial charge in [0.2, 0.25) is 0 Å². The summed E-state index contributed by atoms with van der Waals surface area (Å²) >= 11 is 0. The quantitative estimate of drug-likeness (QED) is 0.471. The van der Waals surface area contributed by atoms with Crippen molar-refractivity contribution in [2.24, 2.45) is 47.3 Å². The minimum Gasteiger partial charge on any atom is -0.0496 e. The summed E-state index contributed by atoms with van der Waals surface area (Å²) in [6.07, 6.45) is 3.27. The lowest BCUT2D eigenvalue weighted by Crippen LogP contribution is -2.34. The molecule has 0 aromatic rings. The fourth-order valence-corrected chi connectivity index (χ4v) is 5.99. The molecule has 0 spiro atoms. The molecule has 6 fully saturated rings. The summed E-state index contributed by atoms with van der Waals surface area (Å²) in [5, 5.41) is 0. The van der Waals surface area contributed by atoms with Crippen LogP contribution in [-0.2, 0) is 0 Å². The normalized spacial score (nSPS) is 91.2. The zero-order valence-corrected chi connectivity index (χ0v) is 6.03. The third kappa shape index (κ3) is 0.177. The van der Waals surface area contributed by atoms with Gasteiger partial charge < -0.3 is 0 Å². The molecular formula is C10H12. The molecule has 0 aromatic heterocycles. The first-order valence-electron chi connectivity index (χ1n) is 4.98. The monoisotopic (exact) mass is 132 g/mol. The van der Waals surface area contributed by atoms with Crippen molar-refractivity contribution in [2.75, 3.05) is 0 Å². The Kier molecular flexibility index (Phi) is 0.352. The highest BCUT2D eigenvalue weighted by Gasteiger charge is 2.87. The first-order chi connectivity index (χ1) is 4.98. The van der Waals surface area contributed by atoms with E-state index in [9.17, 15) is 0 Å². The van der Waals surface area contributed by atoms with Crippen LogP contribution in [0.1, 0.15) is 12.8 Å². The lowest BCUT2D eigenvalue weighted by molar-refractivity contribution is 0.0851. The van der Waals surface area contributed by atoms with E-state index >= 15 is 0 Å². The van der Waals surface area contributed by atoms with Crippen LogP contribution in [0.5, 0.6) is 0 Å². The molecule has 0 aromatic carbocycles. The second-order valence-corrected chi connectivity index (χ2v) is 5.37. The van der Waals surface area contributed by atoms with Crippen LogP contribution in [0.4, 0.5) is 0 Å². The van der Waals surface area contributed by atoms with Gasteiger partial charge in [-0.3, -0.25) is 0 Å². The molecule has 0 heterocycles. The van der Waals surface area contributed by atoms with Gasteiger partial charge in [0.15, 0.2) is 0 Å². The van der Waals surface area contributed by atoms with Gasteiger partial charge in [0.1, 0.15) is 0 Å². The lowest BCUT2D eigenvalue weighted by Gasteiger charge is -2.39. The van der Waals surface area contributed by atoms with Crippen molar-refractivity contribution in [3.05, 3.63) is 0 Å². The van der Waals surface area contributed by atoms with E-state index in [0.717, 1.165) is 0 Å². The predicted molar refractivity (Wildman–Crippen MR) is 37.2 cm³/mol. The van der Waals surface area contributed by atoms with Crippen molar-refractivity contribution in [1.82, 2.24) is 0 Å². The largest absolute Gasteiger partial charge is 0.0496 e. The summed E-state index contributed by atoms with van der Waals surface area (Å²) in [4.78, 5) is 0. The fraction of sp³-hybridized carbons (Fsp3) is 1.00. The Morgan fingerprint density at radius 1 is 0.500 bits per heavy atom. The minimum atomic E-state index is 1.27. The second-order valence-electron chi connectivity index (χ2n) is 5.37. The summed E-state index contributed by atoms with van der Waals surface area (Å²) in [5.74, 6) is 10.4. The average Bonchev–Trinajstić information content (AvgIpc) is 2.37. The van der Waals surface area contributed by atoms with Gasteiger partial charge in [0.05, 0.1) is 0 Å².